The topological polar surface area (TPSA) is 75.2 Å². The van der Waals surface area contributed by atoms with Gasteiger partial charge < -0.3 is 24.7 Å². The van der Waals surface area contributed by atoms with E-state index in [4.69, 9.17) is 9.47 Å². The smallest absolute Gasteiger partial charge is 0.157 e. The Morgan fingerprint density at radius 3 is 2.11 bits per heavy atom. The van der Waals surface area contributed by atoms with Crippen molar-refractivity contribution in [2.75, 3.05) is 20.3 Å². The van der Waals surface area contributed by atoms with Gasteiger partial charge >= 0.3 is 0 Å². The molecule has 2 N–H and O–H groups in total. The lowest BCUT2D eigenvalue weighted by atomic mass is 10.0. The number of unbranched alkanes of at least 4 members (excludes halogenated alkanes) is 6. The molecule has 0 atom stereocenters. The maximum Gasteiger partial charge on any atom is 0.157 e. The van der Waals surface area contributed by atoms with Crippen LogP contribution in [-0.2, 0) is 15.9 Å². The molecular weight excluding hydrogens is 354 g/mol. The Kier molecular flexibility index (Phi) is 13.6. The molecule has 0 aliphatic carbocycles. The van der Waals surface area contributed by atoms with Crippen LogP contribution < -0.4 is 10.4 Å². The molecule has 0 saturated heterocycles. The molecule has 0 fully saturated rings. The summed E-state index contributed by atoms with van der Waals surface area (Å²) in [6.07, 6.45) is 10.6. The first-order valence-electron chi connectivity index (χ1n) is 11.0. The van der Waals surface area contributed by atoms with E-state index in [-0.39, 0.29) is 11.9 Å². The van der Waals surface area contributed by atoms with Gasteiger partial charge in [0.25, 0.3) is 0 Å². The number of quaternary nitrogens is 1. The van der Waals surface area contributed by atoms with Gasteiger partial charge in [-0.15, -0.1) is 0 Å². The van der Waals surface area contributed by atoms with E-state index in [1.807, 2.05) is 18.4 Å². The fourth-order valence-corrected chi connectivity index (χ4v) is 3.33. The SMILES string of the molecule is CCCCCCOC(CCc1cccc(C(=O)[O-])c1[NH2+]C)OCCCCCC. The molecule has 5 nitrogen and oxygen atoms in total. The van der Waals surface area contributed by atoms with Crippen molar-refractivity contribution < 1.29 is 24.7 Å². The minimum Gasteiger partial charge on any atom is -0.545 e. The van der Waals surface area contributed by atoms with Gasteiger partial charge in [0.1, 0.15) is 5.69 Å². The van der Waals surface area contributed by atoms with Crippen molar-refractivity contribution in [3.8, 4) is 0 Å². The lowest BCUT2D eigenvalue weighted by Gasteiger charge is -2.19. The fraction of sp³-hybridized carbons (Fsp3) is 0.696. The molecule has 0 saturated carbocycles. The van der Waals surface area contributed by atoms with Gasteiger partial charge in [0, 0.05) is 25.2 Å². The van der Waals surface area contributed by atoms with Crippen molar-refractivity contribution in [3.05, 3.63) is 29.3 Å². The second kappa shape index (κ2) is 15.5. The van der Waals surface area contributed by atoms with E-state index in [1.54, 1.807) is 12.1 Å². The molecule has 0 amide bonds. The normalized spacial score (nSPS) is 11.3. The Balaban J connectivity index is 2.61. The van der Waals surface area contributed by atoms with E-state index < -0.39 is 5.97 Å². The van der Waals surface area contributed by atoms with E-state index in [9.17, 15) is 9.90 Å². The summed E-state index contributed by atoms with van der Waals surface area (Å²) in [7, 11) is 1.86. The largest absolute Gasteiger partial charge is 0.545 e. The van der Waals surface area contributed by atoms with E-state index in [1.165, 1.54) is 38.5 Å². The predicted octanol–water partition coefficient (Wildman–Crippen LogP) is 3.33. The number of carbonyl (C=O) groups excluding carboxylic acids is 1. The monoisotopic (exact) mass is 393 g/mol. The zero-order chi connectivity index (χ0) is 20.6. The number of benzene rings is 1. The molecule has 5 heteroatoms. The summed E-state index contributed by atoms with van der Waals surface area (Å²) in [5, 5.41) is 13.2. The molecule has 0 aliphatic heterocycles. The number of aromatic carboxylic acids is 1. The average Bonchev–Trinajstić information content (AvgIpc) is 2.70. The zero-order valence-electron chi connectivity index (χ0n) is 18.0. The molecule has 28 heavy (non-hydrogen) atoms. The highest BCUT2D eigenvalue weighted by molar-refractivity contribution is 5.91. The van der Waals surface area contributed by atoms with Crippen LogP contribution in [0.25, 0.3) is 0 Å². The van der Waals surface area contributed by atoms with Crippen LogP contribution in [-0.4, -0.2) is 32.5 Å². The maximum atomic E-state index is 11.3. The van der Waals surface area contributed by atoms with Gasteiger partial charge in [-0.1, -0.05) is 64.5 Å². The second-order valence-corrected chi connectivity index (χ2v) is 7.29. The highest BCUT2D eigenvalue weighted by atomic mass is 16.7. The molecule has 0 aliphatic rings. The third kappa shape index (κ3) is 9.67. The van der Waals surface area contributed by atoms with Crippen LogP contribution in [0.3, 0.4) is 0 Å². The quantitative estimate of drug-likeness (QED) is 0.250. The fourth-order valence-electron chi connectivity index (χ4n) is 3.33. The van der Waals surface area contributed by atoms with Crippen LogP contribution in [0.1, 0.15) is 87.6 Å². The number of hydrogen-bond donors (Lipinski definition) is 1. The summed E-state index contributed by atoms with van der Waals surface area (Å²) in [5.74, 6) is -1.13. The van der Waals surface area contributed by atoms with E-state index >= 15 is 0 Å². The van der Waals surface area contributed by atoms with Crippen LogP contribution in [0.15, 0.2) is 18.2 Å². The van der Waals surface area contributed by atoms with Crippen LogP contribution >= 0.6 is 0 Å². The average molecular weight is 394 g/mol. The molecule has 1 rings (SSSR count). The predicted molar refractivity (Wildman–Crippen MR) is 111 cm³/mol. The molecule has 160 valence electrons. The lowest BCUT2D eigenvalue weighted by molar-refractivity contribution is -0.540. The Bertz CT molecular complexity index is 533. The van der Waals surface area contributed by atoms with Gasteiger partial charge in [0.15, 0.2) is 6.29 Å². The first-order valence-corrected chi connectivity index (χ1v) is 11.0. The number of aryl methyl sites for hydroxylation is 1. The highest BCUT2D eigenvalue weighted by Crippen LogP contribution is 2.19. The summed E-state index contributed by atoms with van der Waals surface area (Å²) in [4.78, 5) is 11.3. The number of carbonyl (C=O) groups is 1. The van der Waals surface area contributed by atoms with Crippen molar-refractivity contribution in [1.29, 1.82) is 0 Å². The molecule has 1 aromatic carbocycles. The minimum absolute atomic E-state index is 0.237. The first-order chi connectivity index (χ1) is 13.6. The molecular formula is C23H39NO4. The summed E-state index contributed by atoms with van der Waals surface area (Å²) in [6, 6.07) is 5.35. The van der Waals surface area contributed by atoms with E-state index in [0.29, 0.717) is 13.2 Å². The molecule has 0 spiro atoms. The van der Waals surface area contributed by atoms with Crippen LogP contribution in [0, 0.1) is 0 Å². The van der Waals surface area contributed by atoms with Crippen molar-refractivity contribution >= 4 is 11.7 Å². The van der Waals surface area contributed by atoms with E-state index in [0.717, 1.165) is 36.9 Å². The number of para-hydroxylation sites is 1. The highest BCUT2D eigenvalue weighted by Gasteiger charge is 2.15. The zero-order valence-corrected chi connectivity index (χ0v) is 18.0. The second-order valence-electron chi connectivity index (χ2n) is 7.29. The third-order valence-electron chi connectivity index (χ3n) is 4.96. The summed E-state index contributed by atoms with van der Waals surface area (Å²) in [5.41, 5.74) is 1.99. The van der Waals surface area contributed by atoms with Gasteiger partial charge in [-0.25, -0.2) is 0 Å². The standard InChI is InChI=1S/C23H39NO4/c1-4-6-8-10-17-27-21(28-18-11-9-7-5-2)16-15-19-13-12-14-20(23(25)26)22(19)24-3/h12-14,21,24H,4-11,15-18H2,1-3H3,(H,25,26). The number of hydrogen-bond acceptors (Lipinski definition) is 4. The van der Waals surface area contributed by atoms with Crippen LogP contribution in [0.5, 0.6) is 0 Å². The Morgan fingerprint density at radius 2 is 1.61 bits per heavy atom. The van der Waals surface area contributed by atoms with Gasteiger partial charge in [-0.05, 0) is 25.3 Å². The minimum atomic E-state index is -1.13. The first kappa shape index (κ1) is 24.6. The molecule has 0 bridgehead atoms. The Hall–Kier alpha value is -1.43. The summed E-state index contributed by atoms with van der Waals surface area (Å²) >= 11 is 0. The molecule has 0 radical (unpaired) electrons. The van der Waals surface area contributed by atoms with Gasteiger partial charge in [-0.3, -0.25) is 0 Å². The molecule has 1 aromatic rings. The van der Waals surface area contributed by atoms with Crippen molar-refractivity contribution in [2.45, 2.75) is 84.3 Å². The third-order valence-corrected chi connectivity index (χ3v) is 4.96. The Labute approximate surface area is 170 Å². The number of ether oxygens (including phenoxy) is 2. The summed E-state index contributed by atoms with van der Waals surface area (Å²) < 4.78 is 12.0. The maximum absolute atomic E-state index is 11.3. The number of nitrogens with two attached hydrogens (primary N) is 1. The van der Waals surface area contributed by atoms with Crippen molar-refractivity contribution in [2.24, 2.45) is 0 Å². The van der Waals surface area contributed by atoms with Gasteiger partial charge in [0.05, 0.1) is 18.6 Å². The lowest BCUT2D eigenvalue weighted by Crippen LogP contribution is -2.74. The number of carboxylic acids is 1. The van der Waals surface area contributed by atoms with Crippen molar-refractivity contribution in [3.63, 3.8) is 0 Å². The molecule has 0 aromatic heterocycles. The van der Waals surface area contributed by atoms with E-state index in [2.05, 4.69) is 13.8 Å². The number of rotatable bonds is 17. The van der Waals surface area contributed by atoms with Gasteiger partial charge in [0.2, 0.25) is 0 Å². The number of carboxylic acid groups (broad SMARTS) is 1. The van der Waals surface area contributed by atoms with Crippen LogP contribution in [0.4, 0.5) is 5.69 Å². The summed E-state index contributed by atoms with van der Waals surface area (Å²) in [6.45, 7) is 5.83. The Morgan fingerprint density at radius 1 is 1.00 bits per heavy atom. The molecule has 0 unspecified atom stereocenters. The van der Waals surface area contributed by atoms with Gasteiger partial charge in [-0.2, -0.15) is 0 Å². The molecule has 0 heterocycles. The van der Waals surface area contributed by atoms with Crippen LogP contribution in [0.2, 0.25) is 0 Å². The van der Waals surface area contributed by atoms with Crippen molar-refractivity contribution in [1.82, 2.24) is 0 Å².